The molecule has 0 saturated heterocycles. The van der Waals surface area contributed by atoms with Gasteiger partial charge in [-0.05, 0) is 17.7 Å². The Morgan fingerprint density at radius 3 is 2.74 bits per heavy atom. The van der Waals surface area contributed by atoms with Crippen molar-refractivity contribution in [3.63, 3.8) is 0 Å². The van der Waals surface area contributed by atoms with Crippen molar-refractivity contribution in [2.75, 3.05) is 13.7 Å². The van der Waals surface area contributed by atoms with E-state index in [-0.39, 0.29) is 18.7 Å². The Balaban J connectivity index is 2.53. The number of ether oxygens (including phenoxy) is 1. The summed E-state index contributed by atoms with van der Waals surface area (Å²) >= 11 is 0. The second kappa shape index (κ2) is 6.69. The van der Waals surface area contributed by atoms with Crippen LogP contribution < -0.4 is 15.8 Å². The van der Waals surface area contributed by atoms with Gasteiger partial charge in [-0.2, -0.15) is 0 Å². The van der Waals surface area contributed by atoms with Crippen molar-refractivity contribution in [2.24, 2.45) is 5.73 Å². The third kappa shape index (κ3) is 4.55. The summed E-state index contributed by atoms with van der Waals surface area (Å²) in [6.45, 7) is -0.271. The lowest BCUT2D eigenvalue weighted by Crippen LogP contribution is -2.40. The first-order valence-corrected chi connectivity index (χ1v) is 5.50. The predicted molar refractivity (Wildman–Crippen MR) is 64.9 cm³/mol. The minimum absolute atomic E-state index is 0.0770. The molecule has 0 radical (unpaired) electrons. The van der Waals surface area contributed by atoms with E-state index in [9.17, 15) is 14.0 Å². The summed E-state index contributed by atoms with van der Waals surface area (Å²) in [5, 5.41) is 11.4. The minimum atomic E-state index is -1.43. The number of halogens is 1. The number of carbonyl (C=O) groups is 2. The monoisotopic (exact) mass is 270 g/mol. The quantitative estimate of drug-likeness (QED) is 0.638. The van der Waals surface area contributed by atoms with Gasteiger partial charge in [0.2, 0.25) is 11.8 Å². The second-order valence-corrected chi connectivity index (χ2v) is 3.87. The molecule has 2 amide bonds. The summed E-state index contributed by atoms with van der Waals surface area (Å²) in [6, 6.07) is 4.14. The first kappa shape index (κ1) is 14.9. The van der Waals surface area contributed by atoms with Crippen LogP contribution in [0.15, 0.2) is 18.2 Å². The standard InChI is InChI=1S/C12H15FN2O4/c1-19-10-3-2-7(4-8(10)13)5-11(17)15-6-9(16)12(14)18/h2-4,9,16H,5-6H2,1H3,(H2,14,18)(H,15,17). The molecule has 104 valence electrons. The molecule has 0 saturated carbocycles. The van der Waals surface area contributed by atoms with Crippen molar-refractivity contribution in [1.29, 1.82) is 0 Å². The summed E-state index contributed by atoms with van der Waals surface area (Å²) in [6.07, 6.45) is -1.51. The van der Waals surface area contributed by atoms with Crippen molar-refractivity contribution in [2.45, 2.75) is 12.5 Å². The Labute approximate surface area is 109 Å². The van der Waals surface area contributed by atoms with Crippen molar-refractivity contribution < 1.29 is 23.8 Å². The molecule has 0 bridgehead atoms. The second-order valence-electron chi connectivity index (χ2n) is 3.87. The molecule has 19 heavy (non-hydrogen) atoms. The summed E-state index contributed by atoms with van der Waals surface area (Å²) in [5.74, 6) is -1.85. The van der Waals surface area contributed by atoms with Crippen molar-refractivity contribution in [3.8, 4) is 5.75 Å². The molecule has 0 aliphatic heterocycles. The molecule has 1 rings (SSSR count). The highest BCUT2D eigenvalue weighted by Crippen LogP contribution is 2.17. The fraction of sp³-hybridized carbons (Fsp3) is 0.333. The molecule has 0 aliphatic carbocycles. The predicted octanol–water partition coefficient (Wildman–Crippen LogP) is -0.661. The van der Waals surface area contributed by atoms with Crippen LogP contribution in [-0.4, -0.2) is 36.7 Å². The van der Waals surface area contributed by atoms with Crippen LogP contribution >= 0.6 is 0 Å². The molecule has 1 aromatic rings. The zero-order valence-electron chi connectivity index (χ0n) is 10.4. The number of aliphatic hydroxyl groups is 1. The Kier molecular flexibility index (Phi) is 5.25. The molecule has 0 heterocycles. The molecule has 0 spiro atoms. The number of benzene rings is 1. The fourth-order valence-electron chi connectivity index (χ4n) is 1.38. The van der Waals surface area contributed by atoms with Gasteiger partial charge >= 0.3 is 0 Å². The van der Waals surface area contributed by atoms with Gasteiger partial charge in [-0.3, -0.25) is 9.59 Å². The van der Waals surface area contributed by atoms with Crippen molar-refractivity contribution in [3.05, 3.63) is 29.6 Å². The first-order chi connectivity index (χ1) is 8.93. The lowest BCUT2D eigenvalue weighted by atomic mass is 10.1. The summed E-state index contributed by atoms with van der Waals surface area (Å²) in [5.41, 5.74) is 5.27. The Bertz CT molecular complexity index is 479. The molecule has 1 unspecified atom stereocenters. The number of hydrogen-bond acceptors (Lipinski definition) is 4. The van der Waals surface area contributed by atoms with Gasteiger partial charge in [-0.15, -0.1) is 0 Å². The average molecular weight is 270 g/mol. The summed E-state index contributed by atoms with van der Waals surface area (Å²) in [4.78, 5) is 22.0. The molecule has 4 N–H and O–H groups in total. The number of nitrogens with one attached hydrogen (secondary N) is 1. The number of methoxy groups -OCH3 is 1. The van der Waals surface area contributed by atoms with E-state index in [0.717, 1.165) is 0 Å². The van der Waals surface area contributed by atoms with Crippen molar-refractivity contribution in [1.82, 2.24) is 5.32 Å². The van der Waals surface area contributed by atoms with Gasteiger partial charge in [0.15, 0.2) is 11.6 Å². The van der Waals surface area contributed by atoms with Gasteiger partial charge < -0.3 is 20.9 Å². The molecule has 7 heteroatoms. The van der Waals surface area contributed by atoms with Crippen LogP contribution in [0.25, 0.3) is 0 Å². The highest BCUT2D eigenvalue weighted by molar-refractivity contribution is 5.81. The van der Waals surface area contributed by atoms with E-state index in [1.165, 1.54) is 19.2 Å². The zero-order chi connectivity index (χ0) is 14.4. The number of amides is 2. The third-order valence-corrected chi connectivity index (χ3v) is 2.40. The molecule has 0 aromatic heterocycles. The van der Waals surface area contributed by atoms with Gasteiger partial charge in [0.1, 0.15) is 6.10 Å². The fourth-order valence-corrected chi connectivity index (χ4v) is 1.38. The van der Waals surface area contributed by atoms with Gasteiger partial charge in [-0.25, -0.2) is 4.39 Å². The molecular formula is C12H15FN2O4. The lowest BCUT2D eigenvalue weighted by Gasteiger charge is -2.09. The van der Waals surface area contributed by atoms with Crippen LogP contribution in [0.4, 0.5) is 4.39 Å². The lowest BCUT2D eigenvalue weighted by molar-refractivity contribution is -0.126. The van der Waals surface area contributed by atoms with E-state index in [4.69, 9.17) is 15.6 Å². The summed E-state index contributed by atoms with van der Waals surface area (Å²) < 4.78 is 18.1. The molecule has 1 atom stereocenters. The van der Waals surface area contributed by atoms with Crippen LogP contribution in [0.5, 0.6) is 5.75 Å². The van der Waals surface area contributed by atoms with Gasteiger partial charge in [0.05, 0.1) is 20.1 Å². The number of rotatable bonds is 6. The van der Waals surface area contributed by atoms with E-state index in [2.05, 4.69) is 5.32 Å². The molecule has 6 nitrogen and oxygen atoms in total. The van der Waals surface area contributed by atoms with Crippen molar-refractivity contribution >= 4 is 11.8 Å². The minimum Gasteiger partial charge on any atom is -0.494 e. The van der Waals surface area contributed by atoms with E-state index in [0.29, 0.717) is 5.56 Å². The highest BCUT2D eigenvalue weighted by atomic mass is 19.1. The SMILES string of the molecule is COc1ccc(CC(=O)NCC(O)C(N)=O)cc1F. The Morgan fingerprint density at radius 2 is 2.21 bits per heavy atom. The maximum atomic E-state index is 13.4. The van der Waals surface area contributed by atoms with Gasteiger partial charge in [-0.1, -0.05) is 6.07 Å². The molecular weight excluding hydrogens is 255 g/mol. The zero-order valence-corrected chi connectivity index (χ0v) is 10.4. The van der Waals surface area contributed by atoms with E-state index < -0.39 is 23.7 Å². The van der Waals surface area contributed by atoms with E-state index in [1.54, 1.807) is 6.07 Å². The molecule has 0 fully saturated rings. The van der Waals surface area contributed by atoms with Crippen LogP contribution in [0.3, 0.4) is 0 Å². The highest BCUT2D eigenvalue weighted by Gasteiger charge is 2.13. The van der Waals surface area contributed by atoms with Crippen LogP contribution in [0.1, 0.15) is 5.56 Å². The molecule has 0 aliphatic rings. The number of carbonyl (C=O) groups excluding carboxylic acids is 2. The average Bonchev–Trinajstić information content (AvgIpc) is 2.36. The smallest absolute Gasteiger partial charge is 0.248 e. The van der Waals surface area contributed by atoms with E-state index >= 15 is 0 Å². The van der Waals surface area contributed by atoms with Crippen LogP contribution in [0.2, 0.25) is 0 Å². The summed E-state index contributed by atoms with van der Waals surface area (Å²) in [7, 11) is 1.34. The maximum absolute atomic E-state index is 13.4. The van der Waals surface area contributed by atoms with E-state index in [1.807, 2.05) is 0 Å². The van der Waals surface area contributed by atoms with Gasteiger partial charge in [0.25, 0.3) is 0 Å². The number of aliphatic hydroxyl groups excluding tert-OH is 1. The largest absolute Gasteiger partial charge is 0.494 e. The van der Waals surface area contributed by atoms with Gasteiger partial charge in [0, 0.05) is 0 Å². The normalized spacial score (nSPS) is 11.7. The maximum Gasteiger partial charge on any atom is 0.248 e. The Morgan fingerprint density at radius 1 is 1.53 bits per heavy atom. The van der Waals surface area contributed by atoms with Crippen LogP contribution in [0, 0.1) is 5.82 Å². The van der Waals surface area contributed by atoms with Crippen LogP contribution in [-0.2, 0) is 16.0 Å². The number of nitrogens with two attached hydrogens (primary N) is 1. The molecule has 1 aromatic carbocycles. The number of primary amides is 1. The first-order valence-electron chi connectivity index (χ1n) is 5.50. The topological polar surface area (TPSA) is 102 Å². The Hall–Kier alpha value is -2.15. The number of hydrogen-bond donors (Lipinski definition) is 3. The third-order valence-electron chi connectivity index (χ3n) is 2.40.